The Kier molecular flexibility index (Phi) is 8.74. The van der Waals surface area contributed by atoms with Gasteiger partial charge in [-0.3, -0.25) is 9.59 Å². The number of nitrogens with zero attached hydrogens (tertiary/aromatic N) is 5. The van der Waals surface area contributed by atoms with Gasteiger partial charge in [-0.15, -0.1) is 0 Å². The monoisotopic (exact) mass is 519 g/mol. The van der Waals surface area contributed by atoms with Crippen LogP contribution in [-0.2, 0) is 11.2 Å². The lowest BCUT2D eigenvalue weighted by Gasteiger charge is -2.37. The third-order valence-corrected chi connectivity index (χ3v) is 8.72. The van der Waals surface area contributed by atoms with Crippen molar-refractivity contribution in [3.63, 3.8) is 0 Å². The molecule has 206 valence electrons. The standard InChI is InChI=1S/C31H45N5O2/c1-8-36(30(37)17-21(4)20(2)3)28-12-11-24-9-10-25(19-27(24)28)31(38)34(7)26-13-15-35(16-14-26)29-18-22(5)32-23(6)33-29/h9-10,18-21,26,28H,8,11-17H2,1-7H3/t21?,28-/m1/s1. The molecule has 7 nitrogen and oxygen atoms in total. The lowest BCUT2D eigenvalue weighted by Crippen LogP contribution is -2.46. The molecule has 0 spiro atoms. The van der Waals surface area contributed by atoms with E-state index in [-0.39, 0.29) is 23.9 Å². The summed E-state index contributed by atoms with van der Waals surface area (Å²) in [4.78, 5) is 42.1. The van der Waals surface area contributed by atoms with Gasteiger partial charge in [0.15, 0.2) is 0 Å². The van der Waals surface area contributed by atoms with Gasteiger partial charge in [-0.1, -0.05) is 26.8 Å². The van der Waals surface area contributed by atoms with Crippen molar-refractivity contribution in [2.45, 2.75) is 85.7 Å². The van der Waals surface area contributed by atoms with Crippen molar-refractivity contribution >= 4 is 17.6 Å². The van der Waals surface area contributed by atoms with E-state index in [9.17, 15) is 9.59 Å². The number of anilines is 1. The summed E-state index contributed by atoms with van der Waals surface area (Å²) in [6.07, 6.45) is 4.27. The molecule has 0 radical (unpaired) electrons. The Hall–Kier alpha value is -2.96. The highest BCUT2D eigenvalue weighted by Crippen LogP contribution is 2.37. The average molecular weight is 520 g/mol. The largest absolute Gasteiger partial charge is 0.356 e. The normalized spacial score (nSPS) is 18.4. The van der Waals surface area contributed by atoms with Gasteiger partial charge >= 0.3 is 0 Å². The highest BCUT2D eigenvalue weighted by Gasteiger charge is 2.33. The minimum Gasteiger partial charge on any atom is -0.356 e. The number of carbonyl (C=O) groups is 2. The van der Waals surface area contributed by atoms with Crippen molar-refractivity contribution < 1.29 is 9.59 Å². The van der Waals surface area contributed by atoms with Gasteiger partial charge in [0.05, 0.1) is 6.04 Å². The van der Waals surface area contributed by atoms with Crippen LogP contribution in [0.5, 0.6) is 0 Å². The number of aryl methyl sites for hydroxylation is 3. The molecule has 4 rings (SSSR count). The van der Waals surface area contributed by atoms with Crippen LogP contribution in [0.1, 0.15) is 92.4 Å². The number of fused-ring (bicyclic) bond motifs is 1. The van der Waals surface area contributed by atoms with E-state index in [0.29, 0.717) is 24.8 Å². The predicted octanol–water partition coefficient (Wildman–Crippen LogP) is 5.35. The summed E-state index contributed by atoms with van der Waals surface area (Å²) in [5.41, 5.74) is 4.12. The number of hydrogen-bond acceptors (Lipinski definition) is 5. The third kappa shape index (κ3) is 6.02. The molecule has 0 saturated carbocycles. The molecular weight excluding hydrogens is 474 g/mol. The van der Waals surface area contributed by atoms with Crippen LogP contribution in [0, 0.1) is 25.7 Å². The molecule has 38 heavy (non-hydrogen) atoms. The minimum atomic E-state index is 0.0583. The Morgan fingerprint density at radius 1 is 1.05 bits per heavy atom. The first-order chi connectivity index (χ1) is 18.1. The van der Waals surface area contributed by atoms with Crippen molar-refractivity contribution in [1.82, 2.24) is 19.8 Å². The molecule has 1 aromatic heterocycles. The summed E-state index contributed by atoms with van der Waals surface area (Å²) >= 11 is 0. The number of amides is 2. The van der Waals surface area contributed by atoms with Crippen LogP contribution in [0.2, 0.25) is 0 Å². The van der Waals surface area contributed by atoms with Crippen LogP contribution in [0.25, 0.3) is 0 Å². The molecule has 1 unspecified atom stereocenters. The number of benzene rings is 1. The van der Waals surface area contributed by atoms with E-state index in [4.69, 9.17) is 0 Å². The van der Waals surface area contributed by atoms with Crippen LogP contribution in [-0.4, -0.2) is 64.3 Å². The Morgan fingerprint density at radius 3 is 2.39 bits per heavy atom. The Balaban J connectivity index is 1.43. The maximum atomic E-state index is 13.6. The fraction of sp³-hybridized carbons (Fsp3) is 0.613. The fourth-order valence-electron chi connectivity index (χ4n) is 5.95. The lowest BCUT2D eigenvalue weighted by atomic mass is 9.93. The van der Waals surface area contributed by atoms with Crippen molar-refractivity contribution in [3.8, 4) is 0 Å². The number of carbonyl (C=O) groups excluding carboxylic acids is 2. The van der Waals surface area contributed by atoms with E-state index in [0.717, 1.165) is 67.2 Å². The average Bonchev–Trinajstić information content (AvgIpc) is 3.30. The van der Waals surface area contributed by atoms with E-state index in [1.807, 2.05) is 42.8 Å². The molecule has 0 N–H and O–H groups in total. The van der Waals surface area contributed by atoms with E-state index in [2.05, 4.69) is 54.7 Å². The van der Waals surface area contributed by atoms with Crippen molar-refractivity contribution in [2.75, 3.05) is 31.6 Å². The molecule has 1 aromatic carbocycles. The maximum Gasteiger partial charge on any atom is 0.253 e. The van der Waals surface area contributed by atoms with Gasteiger partial charge in [0, 0.05) is 56.5 Å². The topological polar surface area (TPSA) is 69.6 Å². The van der Waals surface area contributed by atoms with Crippen LogP contribution >= 0.6 is 0 Å². The molecule has 1 saturated heterocycles. The molecule has 1 fully saturated rings. The molecular formula is C31H45N5O2. The Labute approximate surface area is 228 Å². The van der Waals surface area contributed by atoms with Crippen LogP contribution in [0.15, 0.2) is 24.3 Å². The zero-order chi connectivity index (χ0) is 27.6. The lowest BCUT2D eigenvalue weighted by molar-refractivity contribution is -0.134. The number of rotatable bonds is 8. The van der Waals surface area contributed by atoms with Crippen LogP contribution < -0.4 is 4.90 Å². The molecule has 2 heterocycles. The van der Waals surface area contributed by atoms with Gasteiger partial charge in [-0.2, -0.15) is 0 Å². The minimum absolute atomic E-state index is 0.0583. The first-order valence-corrected chi connectivity index (χ1v) is 14.4. The van der Waals surface area contributed by atoms with Gasteiger partial charge in [-0.25, -0.2) is 9.97 Å². The highest BCUT2D eigenvalue weighted by atomic mass is 16.2. The van der Waals surface area contributed by atoms with Gasteiger partial charge in [-0.05, 0) is 81.5 Å². The molecule has 2 aliphatic rings. The first-order valence-electron chi connectivity index (χ1n) is 14.4. The summed E-state index contributed by atoms with van der Waals surface area (Å²) in [6, 6.07) is 8.43. The molecule has 1 aliphatic heterocycles. The number of hydrogen-bond donors (Lipinski definition) is 0. The molecule has 0 bridgehead atoms. The summed E-state index contributed by atoms with van der Waals surface area (Å²) in [7, 11) is 1.93. The zero-order valence-electron chi connectivity index (χ0n) is 24.3. The Morgan fingerprint density at radius 2 is 1.76 bits per heavy atom. The number of aromatic nitrogens is 2. The van der Waals surface area contributed by atoms with Gasteiger partial charge in [0.2, 0.25) is 5.91 Å². The molecule has 2 amide bonds. The summed E-state index contributed by atoms with van der Waals surface area (Å²) in [6.45, 7) is 14.9. The molecule has 7 heteroatoms. The second kappa shape index (κ2) is 11.8. The maximum absolute atomic E-state index is 13.6. The second-order valence-electron chi connectivity index (χ2n) is 11.6. The quantitative estimate of drug-likeness (QED) is 0.470. The second-order valence-corrected chi connectivity index (χ2v) is 11.6. The molecule has 2 aromatic rings. The molecule has 1 aliphatic carbocycles. The highest BCUT2D eigenvalue weighted by molar-refractivity contribution is 5.94. The van der Waals surface area contributed by atoms with E-state index in [1.165, 1.54) is 5.56 Å². The van der Waals surface area contributed by atoms with Crippen molar-refractivity contribution in [3.05, 3.63) is 52.5 Å². The van der Waals surface area contributed by atoms with Crippen LogP contribution in [0.4, 0.5) is 5.82 Å². The van der Waals surface area contributed by atoms with Crippen LogP contribution in [0.3, 0.4) is 0 Å². The predicted molar refractivity (Wildman–Crippen MR) is 152 cm³/mol. The Bertz CT molecular complexity index is 1130. The van der Waals surface area contributed by atoms with E-state index >= 15 is 0 Å². The van der Waals surface area contributed by atoms with Crippen molar-refractivity contribution in [2.24, 2.45) is 11.8 Å². The van der Waals surface area contributed by atoms with Gasteiger partial charge in [0.1, 0.15) is 11.6 Å². The van der Waals surface area contributed by atoms with Gasteiger partial charge < -0.3 is 14.7 Å². The van der Waals surface area contributed by atoms with Gasteiger partial charge in [0.25, 0.3) is 5.91 Å². The summed E-state index contributed by atoms with van der Waals surface area (Å²) < 4.78 is 0. The van der Waals surface area contributed by atoms with E-state index < -0.39 is 0 Å². The SMILES string of the molecule is CCN(C(=O)CC(C)C(C)C)[C@@H]1CCc2ccc(C(=O)N(C)C3CCN(c4cc(C)nc(C)n4)CC3)cc21. The summed E-state index contributed by atoms with van der Waals surface area (Å²) in [5, 5.41) is 0. The first kappa shape index (κ1) is 28.1. The third-order valence-electron chi connectivity index (χ3n) is 8.72. The number of piperidine rings is 1. The van der Waals surface area contributed by atoms with E-state index in [1.54, 1.807) is 0 Å². The smallest absolute Gasteiger partial charge is 0.253 e. The molecule has 2 atom stereocenters. The fourth-order valence-corrected chi connectivity index (χ4v) is 5.95. The zero-order valence-corrected chi connectivity index (χ0v) is 24.3. The van der Waals surface area contributed by atoms with Crippen molar-refractivity contribution in [1.29, 1.82) is 0 Å². The summed E-state index contributed by atoms with van der Waals surface area (Å²) in [5.74, 6) is 2.89.